The van der Waals surface area contributed by atoms with E-state index in [4.69, 9.17) is 0 Å². The van der Waals surface area contributed by atoms with E-state index in [1.165, 1.54) is 22.3 Å². The van der Waals surface area contributed by atoms with Crippen molar-refractivity contribution in [3.63, 3.8) is 0 Å². The van der Waals surface area contributed by atoms with Gasteiger partial charge in [0.05, 0.1) is 0 Å². The normalized spacial score (nSPS) is 12.9. The van der Waals surface area contributed by atoms with E-state index < -0.39 is 0 Å². The van der Waals surface area contributed by atoms with Crippen LogP contribution in [-0.4, -0.2) is 7.05 Å². The number of aryl methyl sites for hydroxylation is 1. The van der Waals surface area contributed by atoms with Crippen molar-refractivity contribution in [3.8, 4) is 0 Å². The second kappa shape index (κ2) is 6.36. The van der Waals surface area contributed by atoms with E-state index in [1.54, 1.807) is 11.3 Å². The van der Waals surface area contributed by atoms with Crippen LogP contribution in [0, 0.1) is 6.92 Å². The minimum absolute atomic E-state index is 0.413. The Morgan fingerprint density at radius 2 is 1.79 bits per heavy atom. The Bertz CT molecular complexity index is 510. The Balaban J connectivity index is 2.13. The molecule has 1 aromatic carbocycles. The molecule has 0 spiro atoms. The summed E-state index contributed by atoms with van der Waals surface area (Å²) in [5.74, 6) is 0.605. The molecule has 0 radical (unpaired) electrons. The molecule has 1 N–H and O–H groups in total. The average molecular weight is 273 g/mol. The van der Waals surface area contributed by atoms with Crippen molar-refractivity contribution >= 4 is 11.3 Å². The minimum Gasteiger partial charge on any atom is -0.313 e. The maximum Gasteiger partial charge on any atom is 0.0369 e. The molecule has 0 aliphatic carbocycles. The molecular formula is C17H23NS. The van der Waals surface area contributed by atoms with Crippen LogP contribution in [-0.2, 0) is 6.42 Å². The van der Waals surface area contributed by atoms with E-state index in [0.29, 0.717) is 12.0 Å². The van der Waals surface area contributed by atoms with E-state index >= 15 is 0 Å². The van der Waals surface area contributed by atoms with Gasteiger partial charge in [-0.1, -0.05) is 38.1 Å². The molecule has 2 rings (SSSR count). The lowest BCUT2D eigenvalue weighted by Crippen LogP contribution is -2.19. The zero-order chi connectivity index (χ0) is 13.8. The summed E-state index contributed by atoms with van der Waals surface area (Å²) in [6.45, 7) is 6.66. The van der Waals surface area contributed by atoms with Crippen molar-refractivity contribution < 1.29 is 0 Å². The van der Waals surface area contributed by atoms with Gasteiger partial charge in [0, 0.05) is 6.04 Å². The van der Waals surface area contributed by atoms with Crippen LogP contribution in [0.4, 0.5) is 0 Å². The lowest BCUT2D eigenvalue weighted by atomic mass is 9.96. The largest absolute Gasteiger partial charge is 0.313 e. The van der Waals surface area contributed by atoms with Crippen molar-refractivity contribution in [2.45, 2.75) is 39.2 Å². The Labute approximate surface area is 120 Å². The van der Waals surface area contributed by atoms with E-state index in [0.717, 1.165) is 6.42 Å². The highest BCUT2D eigenvalue weighted by atomic mass is 32.1. The quantitative estimate of drug-likeness (QED) is 0.834. The number of hydrogen-bond donors (Lipinski definition) is 1. The van der Waals surface area contributed by atoms with Crippen LogP contribution in [0.25, 0.3) is 0 Å². The Hall–Kier alpha value is -1.12. The molecule has 0 amide bonds. The summed E-state index contributed by atoms with van der Waals surface area (Å²) in [5.41, 5.74) is 5.63. The molecule has 0 saturated carbocycles. The lowest BCUT2D eigenvalue weighted by Gasteiger charge is -2.17. The zero-order valence-corrected chi connectivity index (χ0v) is 13.1. The van der Waals surface area contributed by atoms with Crippen LogP contribution < -0.4 is 5.32 Å². The number of nitrogens with one attached hydrogen (secondary N) is 1. The number of benzene rings is 1. The fourth-order valence-electron chi connectivity index (χ4n) is 2.37. The predicted octanol–water partition coefficient (Wildman–Crippen LogP) is 4.68. The summed E-state index contributed by atoms with van der Waals surface area (Å²) >= 11 is 1.79. The molecule has 2 heteroatoms. The van der Waals surface area contributed by atoms with Gasteiger partial charge >= 0.3 is 0 Å². The van der Waals surface area contributed by atoms with Gasteiger partial charge in [0.25, 0.3) is 0 Å². The summed E-state index contributed by atoms with van der Waals surface area (Å²) in [6, 6.07) is 9.46. The maximum absolute atomic E-state index is 3.44. The van der Waals surface area contributed by atoms with E-state index in [1.807, 2.05) is 7.05 Å². The van der Waals surface area contributed by atoms with E-state index in [9.17, 15) is 0 Å². The zero-order valence-electron chi connectivity index (χ0n) is 12.2. The average Bonchev–Trinajstić information content (AvgIpc) is 2.83. The van der Waals surface area contributed by atoms with Gasteiger partial charge in [0.2, 0.25) is 0 Å². The molecule has 1 heterocycles. The third-order valence-corrected chi connectivity index (χ3v) is 4.58. The second-order valence-corrected chi connectivity index (χ2v) is 6.20. The van der Waals surface area contributed by atoms with Crippen molar-refractivity contribution in [2.75, 3.05) is 7.05 Å². The number of thiophene rings is 1. The fraction of sp³-hybridized carbons (Fsp3) is 0.412. The molecule has 0 aliphatic heterocycles. The summed E-state index contributed by atoms with van der Waals surface area (Å²) in [6.07, 6.45) is 1.05. The second-order valence-electron chi connectivity index (χ2n) is 5.45. The van der Waals surface area contributed by atoms with Gasteiger partial charge in [-0.2, -0.15) is 11.3 Å². The lowest BCUT2D eigenvalue weighted by molar-refractivity contribution is 0.591. The van der Waals surface area contributed by atoms with Gasteiger partial charge in [0.15, 0.2) is 0 Å². The van der Waals surface area contributed by atoms with Crippen molar-refractivity contribution in [3.05, 3.63) is 57.3 Å². The summed E-state index contributed by atoms with van der Waals surface area (Å²) in [4.78, 5) is 0. The number of likely N-dealkylation sites (N-methyl/N-ethyl adjacent to an activating group) is 1. The molecule has 102 valence electrons. The maximum atomic E-state index is 3.44. The van der Waals surface area contributed by atoms with Crippen molar-refractivity contribution in [2.24, 2.45) is 0 Å². The van der Waals surface area contributed by atoms with Gasteiger partial charge in [-0.05, 0) is 59.3 Å². The van der Waals surface area contributed by atoms with Gasteiger partial charge < -0.3 is 5.32 Å². The summed E-state index contributed by atoms with van der Waals surface area (Å²) in [7, 11) is 2.05. The standard InChI is InChI=1S/C17H23NS/c1-12(2)15-7-5-14(6-8-15)9-17(18-4)16-11-19-10-13(16)3/h5-8,10-12,17-18H,9H2,1-4H3. The Morgan fingerprint density at radius 3 is 2.26 bits per heavy atom. The molecule has 1 unspecified atom stereocenters. The number of rotatable bonds is 5. The van der Waals surface area contributed by atoms with Crippen LogP contribution in [0.2, 0.25) is 0 Å². The van der Waals surface area contributed by atoms with Crippen LogP contribution in [0.1, 0.15) is 48.1 Å². The first kappa shape index (κ1) is 14.3. The smallest absolute Gasteiger partial charge is 0.0369 e. The minimum atomic E-state index is 0.413. The van der Waals surface area contributed by atoms with Crippen molar-refractivity contribution in [1.29, 1.82) is 0 Å². The number of hydrogen-bond acceptors (Lipinski definition) is 2. The molecule has 2 aromatic rings. The van der Waals surface area contributed by atoms with Gasteiger partial charge in [0.1, 0.15) is 0 Å². The van der Waals surface area contributed by atoms with E-state index in [2.05, 4.69) is 61.1 Å². The van der Waals surface area contributed by atoms with Gasteiger partial charge in [-0.15, -0.1) is 0 Å². The first-order valence-corrected chi connectivity index (χ1v) is 7.85. The molecule has 1 atom stereocenters. The molecular weight excluding hydrogens is 250 g/mol. The summed E-state index contributed by atoms with van der Waals surface area (Å²) < 4.78 is 0. The molecule has 1 nitrogen and oxygen atoms in total. The van der Waals surface area contributed by atoms with Crippen molar-refractivity contribution in [1.82, 2.24) is 5.32 Å². The Kier molecular flexibility index (Phi) is 4.78. The third-order valence-electron chi connectivity index (χ3n) is 3.71. The fourth-order valence-corrected chi connectivity index (χ4v) is 3.27. The topological polar surface area (TPSA) is 12.0 Å². The predicted molar refractivity (Wildman–Crippen MR) is 85.1 cm³/mol. The van der Waals surface area contributed by atoms with Crippen LogP contribution in [0.5, 0.6) is 0 Å². The molecule has 0 saturated heterocycles. The SMILES string of the molecule is CNC(Cc1ccc(C(C)C)cc1)c1cscc1C. The summed E-state index contributed by atoms with van der Waals surface area (Å²) in [5, 5.41) is 7.92. The molecule has 0 bridgehead atoms. The van der Waals surface area contributed by atoms with Crippen LogP contribution in [0.3, 0.4) is 0 Å². The van der Waals surface area contributed by atoms with Gasteiger partial charge in [-0.3, -0.25) is 0 Å². The molecule has 1 aromatic heterocycles. The Morgan fingerprint density at radius 1 is 1.11 bits per heavy atom. The first-order valence-electron chi connectivity index (χ1n) is 6.90. The van der Waals surface area contributed by atoms with Crippen LogP contribution in [0.15, 0.2) is 35.0 Å². The highest BCUT2D eigenvalue weighted by molar-refractivity contribution is 7.08. The third kappa shape index (κ3) is 3.46. The molecule has 0 aliphatic rings. The van der Waals surface area contributed by atoms with Crippen LogP contribution >= 0.6 is 11.3 Å². The van der Waals surface area contributed by atoms with Gasteiger partial charge in [-0.25, -0.2) is 0 Å². The molecule has 19 heavy (non-hydrogen) atoms. The monoisotopic (exact) mass is 273 g/mol. The highest BCUT2D eigenvalue weighted by Crippen LogP contribution is 2.25. The van der Waals surface area contributed by atoms with E-state index in [-0.39, 0.29) is 0 Å². The highest BCUT2D eigenvalue weighted by Gasteiger charge is 2.13. The first-order chi connectivity index (χ1) is 9.11. The molecule has 0 fully saturated rings.